The monoisotopic (exact) mass is 296 g/mol. The van der Waals surface area contributed by atoms with Gasteiger partial charge in [0.2, 0.25) is 0 Å². The Labute approximate surface area is 120 Å². The molecule has 3 heterocycles. The minimum Gasteiger partial charge on any atom is -0.477 e. The summed E-state index contributed by atoms with van der Waals surface area (Å²) in [6.07, 6.45) is 0.506. The number of fused-ring (bicyclic) bond motifs is 1. The number of aliphatic hydroxyl groups excluding tert-OH is 3. The first-order chi connectivity index (χ1) is 9.54. The van der Waals surface area contributed by atoms with Crippen LogP contribution < -0.4 is 4.74 Å². The molecule has 3 rings (SSSR count). The third-order valence-electron chi connectivity index (χ3n) is 3.26. The molecule has 6 nitrogen and oxygen atoms in total. The number of ether oxygens (including phenoxy) is 1. The third kappa shape index (κ3) is 2.49. The van der Waals surface area contributed by atoms with Gasteiger partial charge in [-0.05, 0) is 13.0 Å². The molecule has 2 aromatic rings. The zero-order valence-electron chi connectivity index (χ0n) is 10.9. The first kappa shape index (κ1) is 13.7. The highest BCUT2D eigenvalue weighted by Gasteiger charge is 2.38. The summed E-state index contributed by atoms with van der Waals surface area (Å²) < 4.78 is 7.57. The van der Waals surface area contributed by atoms with Crippen LogP contribution in [0.1, 0.15) is 5.69 Å². The second-order valence-corrected chi connectivity index (χ2v) is 6.01. The van der Waals surface area contributed by atoms with Crippen LogP contribution in [-0.4, -0.2) is 54.2 Å². The van der Waals surface area contributed by atoms with Gasteiger partial charge in [0.25, 0.3) is 0 Å². The van der Waals surface area contributed by atoms with Crippen molar-refractivity contribution in [2.75, 3.05) is 5.75 Å². The standard InChI is InChI=1S/C13H16N2O4S/c1-7-5-15-3-2-8(4-10(15)14-7)19-13-12(18)11(17)9(16)6-20-13/h2-5,9,11-13,16-18H,6H2,1H3/t9-,11+,12-,13-/m1/s1. The molecule has 1 aliphatic heterocycles. The van der Waals surface area contributed by atoms with Gasteiger partial charge < -0.3 is 24.5 Å². The van der Waals surface area contributed by atoms with Gasteiger partial charge in [-0.25, -0.2) is 4.98 Å². The average molecular weight is 296 g/mol. The number of hydrogen-bond donors (Lipinski definition) is 3. The number of aromatic nitrogens is 2. The van der Waals surface area contributed by atoms with Crippen molar-refractivity contribution in [2.45, 2.75) is 30.7 Å². The van der Waals surface area contributed by atoms with E-state index < -0.39 is 23.7 Å². The topological polar surface area (TPSA) is 87.2 Å². The third-order valence-corrected chi connectivity index (χ3v) is 4.50. The second kappa shape index (κ2) is 5.25. The summed E-state index contributed by atoms with van der Waals surface area (Å²) in [5.74, 6) is 0.899. The van der Waals surface area contributed by atoms with Crippen LogP contribution in [0.2, 0.25) is 0 Å². The van der Waals surface area contributed by atoms with Gasteiger partial charge in [0.15, 0.2) is 5.44 Å². The fraction of sp³-hybridized carbons (Fsp3) is 0.462. The van der Waals surface area contributed by atoms with Crippen LogP contribution in [0, 0.1) is 6.92 Å². The lowest BCUT2D eigenvalue weighted by Crippen LogP contribution is -2.50. The van der Waals surface area contributed by atoms with Crippen molar-refractivity contribution in [2.24, 2.45) is 0 Å². The smallest absolute Gasteiger partial charge is 0.173 e. The Morgan fingerprint density at radius 1 is 1.35 bits per heavy atom. The Morgan fingerprint density at radius 2 is 2.15 bits per heavy atom. The predicted octanol–water partition coefficient (Wildman–Crippen LogP) is 0.177. The van der Waals surface area contributed by atoms with Gasteiger partial charge >= 0.3 is 0 Å². The molecule has 1 saturated heterocycles. The molecular weight excluding hydrogens is 280 g/mol. The van der Waals surface area contributed by atoms with Crippen LogP contribution in [0.5, 0.6) is 5.75 Å². The molecule has 1 aliphatic rings. The van der Waals surface area contributed by atoms with E-state index in [1.807, 2.05) is 23.7 Å². The molecule has 20 heavy (non-hydrogen) atoms. The van der Waals surface area contributed by atoms with Gasteiger partial charge in [-0.2, -0.15) is 0 Å². The van der Waals surface area contributed by atoms with Crippen LogP contribution in [-0.2, 0) is 0 Å². The lowest BCUT2D eigenvalue weighted by atomic mass is 10.1. The van der Waals surface area contributed by atoms with E-state index in [2.05, 4.69) is 4.98 Å². The molecule has 0 aliphatic carbocycles. The summed E-state index contributed by atoms with van der Waals surface area (Å²) in [6, 6.07) is 3.55. The fourth-order valence-corrected chi connectivity index (χ4v) is 3.30. The van der Waals surface area contributed by atoms with Crippen LogP contribution in [0.4, 0.5) is 0 Å². The first-order valence-electron chi connectivity index (χ1n) is 6.32. The maximum absolute atomic E-state index is 9.91. The van der Waals surface area contributed by atoms with Crippen molar-refractivity contribution in [1.82, 2.24) is 9.38 Å². The molecular formula is C13H16N2O4S. The zero-order valence-corrected chi connectivity index (χ0v) is 11.7. The Kier molecular flexibility index (Phi) is 3.59. The van der Waals surface area contributed by atoms with Crippen LogP contribution in [0.15, 0.2) is 24.5 Å². The largest absolute Gasteiger partial charge is 0.477 e. The number of aryl methyl sites for hydroxylation is 1. The summed E-state index contributed by atoms with van der Waals surface area (Å²) in [6.45, 7) is 1.91. The van der Waals surface area contributed by atoms with Gasteiger partial charge in [0.1, 0.15) is 23.6 Å². The number of imidazole rings is 1. The number of thioether (sulfide) groups is 1. The van der Waals surface area contributed by atoms with Crippen molar-refractivity contribution in [3.05, 3.63) is 30.2 Å². The number of nitrogens with zero attached hydrogens (tertiary/aromatic N) is 2. The maximum Gasteiger partial charge on any atom is 0.173 e. The highest BCUT2D eigenvalue weighted by molar-refractivity contribution is 7.99. The van der Waals surface area contributed by atoms with E-state index >= 15 is 0 Å². The molecule has 108 valence electrons. The number of hydrogen-bond acceptors (Lipinski definition) is 6. The van der Waals surface area contributed by atoms with E-state index in [9.17, 15) is 15.3 Å². The minimum absolute atomic E-state index is 0.327. The molecule has 4 atom stereocenters. The van der Waals surface area contributed by atoms with E-state index in [0.717, 1.165) is 11.3 Å². The quantitative estimate of drug-likeness (QED) is 0.733. The summed E-state index contributed by atoms with van der Waals surface area (Å²) in [5.41, 5.74) is 1.07. The van der Waals surface area contributed by atoms with Crippen LogP contribution in [0.3, 0.4) is 0 Å². The zero-order chi connectivity index (χ0) is 14.3. The van der Waals surface area contributed by atoms with Crippen molar-refractivity contribution in [3.63, 3.8) is 0 Å². The van der Waals surface area contributed by atoms with Gasteiger partial charge in [0, 0.05) is 24.2 Å². The molecule has 0 unspecified atom stereocenters. The van der Waals surface area contributed by atoms with E-state index in [-0.39, 0.29) is 0 Å². The molecule has 0 saturated carbocycles. The maximum atomic E-state index is 9.91. The molecule has 2 aromatic heterocycles. The molecule has 1 fully saturated rings. The summed E-state index contributed by atoms with van der Waals surface area (Å²) in [7, 11) is 0. The predicted molar refractivity (Wildman–Crippen MR) is 74.8 cm³/mol. The molecule has 0 spiro atoms. The van der Waals surface area contributed by atoms with Gasteiger partial charge in [-0.1, -0.05) is 0 Å². The second-order valence-electron chi connectivity index (χ2n) is 4.88. The minimum atomic E-state index is -1.18. The molecule has 3 N–H and O–H groups in total. The van der Waals surface area contributed by atoms with E-state index in [1.54, 1.807) is 12.1 Å². The molecule has 0 amide bonds. The lowest BCUT2D eigenvalue weighted by molar-refractivity contribution is -0.0786. The molecule has 7 heteroatoms. The Morgan fingerprint density at radius 3 is 2.95 bits per heavy atom. The Balaban J connectivity index is 1.78. The summed E-state index contributed by atoms with van der Waals surface area (Å²) >= 11 is 1.28. The SMILES string of the molecule is Cc1cn2ccc(O[C@@H]3SC[C@@H](O)[C@H](O)[C@H]3O)cc2n1. The summed E-state index contributed by atoms with van der Waals surface area (Å²) in [4.78, 5) is 4.34. The fourth-order valence-electron chi connectivity index (χ4n) is 2.18. The molecule has 0 bridgehead atoms. The molecule has 0 aromatic carbocycles. The van der Waals surface area contributed by atoms with Gasteiger partial charge in [-0.3, -0.25) is 0 Å². The highest BCUT2D eigenvalue weighted by Crippen LogP contribution is 2.29. The normalized spacial score (nSPS) is 30.6. The first-order valence-corrected chi connectivity index (χ1v) is 7.37. The Hall–Kier alpha value is -1.28. The van der Waals surface area contributed by atoms with Crippen molar-refractivity contribution < 1.29 is 20.1 Å². The van der Waals surface area contributed by atoms with Crippen molar-refractivity contribution in [1.29, 1.82) is 0 Å². The molecule has 0 radical (unpaired) electrons. The van der Waals surface area contributed by atoms with E-state index in [1.165, 1.54) is 11.8 Å². The lowest BCUT2D eigenvalue weighted by Gasteiger charge is -2.34. The number of rotatable bonds is 2. The van der Waals surface area contributed by atoms with Crippen molar-refractivity contribution in [3.8, 4) is 5.75 Å². The van der Waals surface area contributed by atoms with Crippen molar-refractivity contribution >= 4 is 17.4 Å². The highest BCUT2D eigenvalue weighted by atomic mass is 32.2. The Bertz CT molecular complexity index is 617. The summed E-state index contributed by atoms with van der Waals surface area (Å²) in [5, 5.41) is 29.0. The van der Waals surface area contributed by atoms with Crippen LogP contribution in [0.25, 0.3) is 5.65 Å². The van der Waals surface area contributed by atoms with Gasteiger partial charge in [-0.15, -0.1) is 11.8 Å². The van der Waals surface area contributed by atoms with Gasteiger partial charge in [0.05, 0.1) is 11.8 Å². The van der Waals surface area contributed by atoms with E-state index in [0.29, 0.717) is 11.5 Å². The van der Waals surface area contributed by atoms with E-state index in [4.69, 9.17) is 4.74 Å². The average Bonchev–Trinajstić information content (AvgIpc) is 2.79. The number of pyridine rings is 1. The number of aliphatic hydroxyl groups is 3. The van der Waals surface area contributed by atoms with Crippen LogP contribution >= 0.6 is 11.8 Å².